The molecule has 0 atom stereocenters. The third kappa shape index (κ3) is 1.58. The van der Waals surface area contributed by atoms with Gasteiger partial charge in [-0.2, -0.15) is 0 Å². The van der Waals surface area contributed by atoms with E-state index in [0.717, 1.165) is 5.56 Å². The molecule has 5 heteroatoms. The fourth-order valence-corrected chi connectivity index (χ4v) is 2.00. The van der Waals surface area contributed by atoms with Crippen molar-refractivity contribution in [3.63, 3.8) is 0 Å². The van der Waals surface area contributed by atoms with E-state index in [0.29, 0.717) is 22.4 Å². The van der Waals surface area contributed by atoms with Crippen molar-refractivity contribution in [3.05, 3.63) is 41.4 Å². The van der Waals surface area contributed by atoms with E-state index < -0.39 is 0 Å². The molecule has 18 heavy (non-hydrogen) atoms. The summed E-state index contributed by atoms with van der Waals surface area (Å²) in [4.78, 5) is 0. The van der Waals surface area contributed by atoms with E-state index in [-0.39, 0.29) is 10.8 Å². The molecular weight excluding hydrogens is 252 g/mol. The van der Waals surface area contributed by atoms with Gasteiger partial charge in [0.2, 0.25) is 5.75 Å². The van der Waals surface area contributed by atoms with Crippen molar-refractivity contribution in [2.75, 3.05) is 5.73 Å². The lowest BCUT2D eigenvalue weighted by Crippen LogP contribution is -1.84. The number of rotatable bonds is 1. The molecule has 1 radical (unpaired) electrons. The molecule has 3 rings (SSSR count). The first kappa shape index (κ1) is 10.9. The molecule has 4 nitrogen and oxygen atoms in total. The van der Waals surface area contributed by atoms with E-state index in [9.17, 15) is 5.11 Å². The Morgan fingerprint density at radius 2 is 1.83 bits per heavy atom. The van der Waals surface area contributed by atoms with E-state index >= 15 is 0 Å². The molecule has 0 aliphatic rings. The first-order chi connectivity index (χ1) is 8.66. The van der Waals surface area contributed by atoms with Crippen LogP contribution in [0.5, 0.6) is 5.75 Å². The van der Waals surface area contributed by atoms with Crippen LogP contribution < -0.4 is 5.73 Å². The van der Waals surface area contributed by atoms with Gasteiger partial charge in [0.15, 0.2) is 5.58 Å². The van der Waals surface area contributed by atoms with Crippen molar-refractivity contribution in [3.8, 4) is 17.0 Å². The summed E-state index contributed by atoms with van der Waals surface area (Å²) in [5.41, 5.74) is 8.12. The van der Waals surface area contributed by atoms with Gasteiger partial charge in [-0.05, 0) is 24.3 Å². The van der Waals surface area contributed by atoms with Gasteiger partial charge in [-0.1, -0.05) is 28.9 Å². The Kier molecular flexibility index (Phi) is 2.38. The summed E-state index contributed by atoms with van der Waals surface area (Å²) in [5, 5.41) is 16.1. The van der Waals surface area contributed by atoms with E-state index in [4.69, 9.17) is 21.9 Å². The molecule has 2 N–H and O–H groups in total. The number of nitrogens with zero attached hydrogens (tertiary/aromatic N) is 1. The summed E-state index contributed by atoms with van der Waals surface area (Å²) in [5.74, 6) is -0.274. The van der Waals surface area contributed by atoms with Gasteiger partial charge < -0.3 is 10.3 Å². The quantitative estimate of drug-likeness (QED) is 0.674. The maximum atomic E-state index is 11.4. The Morgan fingerprint density at radius 1 is 1.11 bits per heavy atom. The van der Waals surface area contributed by atoms with Crippen molar-refractivity contribution >= 4 is 28.3 Å². The lowest BCUT2D eigenvalue weighted by atomic mass is 10.1. The Bertz CT molecular complexity index is 720. The number of nitrogens with two attached hydrogens (primary N) is 1. The molecule has 0 amide bonds. The molecule has 0 saturated carbocycles. The zero-order chi connectivity index (χ0) is 12.7. The highest BCUT2D eigenvalue weighted by Crippen LogP contribution is 2.37. The Morgan fingerprint density at radius 3 is 2.56 bits per heavy atom. The Balaban J connectivity index is 2.25. The average Bonchev–Trinajstić information content (AvgIpc) is 2.79. The minimum Gasteiger partial charge on any atom is -0.399 e. The fourth-order valence-electron chi connectivity index (χ4n) is 1.80. The maximum Gasteiger partial charge on any atom is 0.201 e. The molecule has 0 spiro atoms. The molecule has 0 saturated heterocycles. The van der Waals surface area contributed by atoms with Crippen LogP contribution in [0.1, 0.15) is 0 Å². The SMILES string of the molecule is Nc1ccc(-c2noc3c(Cl)c([O])ccc23)cc1. The van der Waals surface area contributed by atoms with Gasteiger partial charge in [-0.3, -0.25) is 5.11 Å². The number of fused-ring (bicyclic) bond motifs is 1. The van der Waals surface area contributed by atoms with Gasteiger partial charge in [0.1, 0.15) is 10.7 Å². The van der Waals surface area contributed by atoms with Gasteiger partial charge in [0.25, 0.3) is 0 Å². The van der Waals surface area contributed by atoms with Crippen LogP contribution >= 0.6 is 11.6 Å². The predicted molar refractivity (Wildman–Crippen MR) is 69.0 cm³/mol. The topological polar surface area (TPSA) is 71.9 Å². The molecule has 0 aliphatic heterocycles. The van der Waals surface area contributed by atoms with E-state index in [1.165, 1.54) is 6.07 Å². The lowest BCUT2D eigenvalue weighted by Gasteiger charge is -1.98. The summed E-state index contributed by atoms with van der Waals surface area (Å²) in [6.45, 7) is 0. The highest BCUT2D eigenvalue weighted by atomic mass is 35.5. The highest BCUT2D eigenvalue weighted by Gasteiger charge is 2.15. The zero-order valence-electron chi connectivity index (χ0n) is 9.18. The van der Waals surface area contributed by atoms with E-state index in [1.807, 2.05) is 12.1 Å². The fraction of sp³-hybridized carbons (Fsp3) is 0. The van der Waals surface area contributed by atoms with Gasteiger partial charge in [0.05, 0.1) is 5.39 Å². The molecule has 1 heterocycles. The van der Waals surface area contributed by atoms with Crippen LogP contribution in [0.25, 0.3) is 22.2 Å². The second-order valence-corrected chi connectivity index (χ2v) is 4.29. The number of hydrogen-bond acceptors (Lipinski definition) is 3. The highest BCUT2D eigenvalue weighted by molar-refractivity contribution is 6.36. The lowest BCUT2D eigenvalue weighted by molar-refractivity contribution is 0.354. The standard InChI is InChI=1S/C13H8ClN2O2/c14-11-10(17)6-5-9-12(16-18-13(9)11)7-1-3-8(15)4-2-7/h1-6H,15H2. The molecule has 89 valence electrons. The molecular formula is C13H8ClN2O2. The summed E-state index contributed by atoms with van der Waals surface area (Å²) >= 11 is 5.89. The first-order valence-corrected chi connectivity index (χ1v) is 5.65. The second kappa shape index (κ2) is 3.92. The number of aromatic nitrogens is 1. The molecule has 2 aromatic carbocycles. The van der Waals surface area contributed by atoms with Gasteiger partial charge in [-0.25, -0.2) is 0 Å². The van der Waals surface area contributed by atoms with Crippen LogP contribution in [-0.2, 0) is 5.11 Å². The molecule has 0 bridgehead atoms. The summed E-state index contributed by atoms with van der Waals surface area (Å²) in [6.07, 6.45) is 0. The minimum atomic E-state index is -0.274. The van der Waals surface area contributed by atoms with Gasteiger partial charge in [-0.15, -0.1) is 0 Å². The number of halogens is 1. The predicted octanol–water partition coefficient (Wildman–Crippen LogP) is 3.87. The van der Waals surface area contributed by atoms with Crippen LogP contribution in [0.3, 0.4) is 0 Å². The number of nitrogen functional groups attached to an aromatic ring is 1. The molecule has 0 fully saturated rings. The third-order valence-electron chi connectivity index (χ3n) is 2.73. The van der Waals surface area contributed by atoms with E-state index in [1.54, 1.807) is 18.2 Å². The van der Waals surface area contributed by atoms with Crippen LogP contribution in [0.15, 0.2) is 40.9 Å². The Hall–Kier alpha value is -2.20. The first-order valence-electron chi connectivity index (χ1n) is 5.27. The summed E-state index contributed by atoms with van der Waals surface area (Å²) < 4.78 is 5.13. The van der Waals surface area contributed by atoms with Crippen LogP contribution in [-0.4, -0.2) is 5.16 Å². The van der Waals surface area contributed by atoms with Crippen molar-refractivity contribution in [1.82, 2.24) is 5.16 Å². The van der Waals surface area contributed by atoms with Crippen molar-refractivity contribution in [1.29, 1.82) is 0 Å². The number of hydrogen-bond donors (Lipinski definition) is 1. The normalized spacial score (nSPS) is 10.9. The second-order valence-electron chi connectivity index (χ2n) is 3.91. The molecule has 1 aromatic heterocycles. The number of benzene rings is 2. The number of anilines is 1. The maximum absolute atomic E-state index is 11.4. The van der Waals surface area contributed by atoms with Crippen molar-refractivity contribution < 1.29 is 9.63 Å². The largest absolute Gasteiger partial charge is 0.399 e. The van der Waals surface area contributed by atoms with Crippen LogP contribution in [0.4, 0.5) is 5.69 Å². The van der Waals surface area contributed by atoms with Gasteiger partial charge in [0, 0.05) is 11.3 Å². The van der Waals surface area contributed by atoms with Crippen molar-refractivity contribution in [2.24, 2.45) is 0 Å². The van der Waals surface area contributed by atoms with Crippen LogP contribution in [0.2, 0.25) is 5.02 Å². The molecule has 0 unspecified atom stereocenters. The average molecular weight is 260 g/mol. The molecule has 3 aromatic rings. The molecule has 0 aliphatic carbocycles. The zero-order valence-corrected chi connectivity index (χ0v) is 9.94. The monoisotopic (exact) mass is 259 g/mol. The van der Waals surface area contributed by atoms with Crippen LogP contribution in [0, 0.1) is 0 Å². The minimum absolute atomic E-state index is 0.0571. The van der Waals surface area contributed by atoms with Crippen molar-refractivity contribution in [2.45, 2.75) is 0 Å². The summed E-state index contributed by atoms with van der Waals surface area (Å²) in [6, 6.07) is 10.3. The Labute approximate surface area is 108 Å². The summed E-state index contributed by atoms with van der Waals surface area (Å²) in [7, 11) is 0. The third-order valence-corrected chi connectivity index (χ3v) is 3.09. The van der Waals surface area contributed by atoms with E-state index in [2.05, 4.69) is 5.16 Å². The van der Waals surface area contributed by atoms with Gasteiger partial charge >= 0.3 is 0 Å². The smallest absolute Gasteiger partial charge is 0.201 e.